The van der Waals surface area contributed by atoms with E-state index < -0.39 is 0 Å². The molecule has 1 aromatic heterocycles. The number of benzene rings is 8. The van der Waals surface area contributed by atoms with E-state index in [0.29, 0.717) is 16.7 Å². The van der Waals surface area contributed by atoms with E-state index in [9.17, 15) is 15.8 Å². The highest BCUT2D eigenvalue weighted by Gasteiger charge is 2.20. The summed E-state index contributed by atoms with van der Waals surface area (Å²) in [4.78, 5) is 0. The zero-order valence-corrected chi connectivity index (χ0v) is 27.3. The molecule has 0 saturated carbocycles. The van der Waals surface area contributed by atoms with E-state index in [-0.39, 0.29) is 0 Å². The SMILES string of the molecule is N#Cc1ccc(-c2cccc(-n3c4ccc(C#N)cc4c4cc(C#N)ccc43)c2)c(-c2c3ccccc3c(-c3ccccc3)c3ccccc23)c1. The van der Waals surface area contributed by atoms with Crippen LogP contribution in [0, 0.1) is 34.0 Å². The molecule has 9 rings (SSSR count). The Morgan fingerprint density at radius 1 is 0.353 bits per heavy atom. The van der Waals surface area contributed by atoms with Crippen molar-refractivity contribution < 1.29 is 0 Å². The van der Waals surface area contributed by atoms with Crippen LogP contribution < -0.4 is 0 Å². The van der Waals surface area contributed by atoms with Gasteiger partial charge < -0.3 is 4.57 Å². The summed E-state index contributed by atoms with van der Waals surface area (Å²) in [5.74, 6) is 0. The Morgan fingerprint density at radius 2 is 0.843 bits per heavy atom. The van der Waals surface area contributed by atoms with Crippen LogP contribution in [0.4, 0.5) is 0 Å². The molecule has 0 unspecified atom stereocenters. The third kappa shape index (κ3) is 4.74. The molecule has 234 valence electrons. The highest BCUT2D eigenvalue weighted by Crippen LogP contribution is 2.46. The van der Waals surface area contributed by atoms with Gasteiger partial charge in [-0.1, -0.05) is 97.1 Å². The average Bonchev–Trinajstić information content (AvgIpc) is 3.52. The Labute approximate surface area is 294 Å². The molecule has 0 saturated heterocycles. The van der Waals surface area contributed by atoms with Crippen LogP contribution in [0.5, 0.6) is 0 Å². The lowest BCUT2D eigenvalue weighted by molar-refractivity contribution is 1.18. The molecule has 0 atom stereocenters. The molecule has 8 aromatic carbocycles. The van der Waals surface area contributed by atoms with Crippen LogP contribution in [0.3, 0.4) is 0 Å². The molecular formula is C47H26N4. The fourth-order valence-corrected chi connectivity index (χ4v) is 7.66. The van der Waals surface area contributed by atoms with Crippen LogP contribution in [-0.4, -0.2) is 4.57 Å². The molecule has 0 aliphatic carbocycles. The van der Waals surface area contributed by atoms with E-state index in [1.54, 1.807) is 0 Å². The number of fused-ring (bicyclic) bond motifs is 5. The number of rotatable bonds is 4. The number of hydrogen-bond acceptors (Lipinski definition) is 3. The summed E-state index contributed by atoms with van der Waals surface area (Å²) in [7, 11) is 0. The van der Waals surface area contributed by atoms with E-state index in [0.717, 1.165) is 76.9 Å². The van der Waals surface area contributed by atoms with Gasteiger partial charge in [0.1, 0.15) is 0 Å². The lowest BCUT2D eigenvalue weighted by Gasteiger charge is -2.20. The molecule has 0 fully saturated rings. The molecule has 9 aromatic rings. The molecule has 0 N–H and O–H groups in total. The third-order valence-corrected chi connectivity index (χ3v) is 9.85. The highest BCUT2D eigenvalue weighted by molar-refractivity contribution is 6.22. The Kier molecular flexibility index (Phi) is 6.93. The van der Waals surface area contributed by atoms with E-state index in [1.165, 1.54) is 5.56 Å². The maximum atomic E-state index is 10.1. The second-order valence-electron chi connectivity index (χ2n) is 12.7. The predicted octanol–water partition coefficient (Wildman–Crippen LogP) is 11.7. The molecule has 0 amide bonds. The van der Waals surface area contributed by atoms with Crippen LogP contribution in [0.2, 0.25) is 0 Å². The van der Waals surface area contributed by atoms with Crippen LogP contribution in [-0.2, 0) is 0 Å². The highest BCUT2D eigenvalue weighted by atomic mass is 15.0. The van der Waals surface area contributed by atoms with Gasteiger partial charge in [-0.25, -0.2) is 0 Å². The molecule has 1 heterocycles. The van der Waals surface area contributed by atoms with Gasteiger partial charge in [-0.05, 0) is 116 Å². The number of hydrogen-bond donors (Lipinski definition) is 0. The number of aromatic nitrogens is 1. The first-order valence-corrected chi connectivity index (χ1v) is 16.7. The molecule has 4 nitrogen and oxygen atoms in total. The number of nitriles is 3. The van der Waals surface area contributed by atoms with Gasteiger partial charge in [-0.3, -0.25) is 0 Å². The van der Waals surface area contributed by atoms with E-state index >= 15 is 0 Å². The Morgan fingerprint density at radius 3 is 1.41 bits per heavy atom. The van der Waals surface area contributed by atoms with E-state index in [1.807, 2.05) is 54.6 Å². The topological polar surface area (TPSA) is 76.3 Å². The van der Waals surface area contributed by atoms with Crippen molar-refractivity contribution >= 4 is 43.4 Å². The summed E-state index contributed by atoms with van der Waals surface area (Å²) in [5, 5.41) is 35.9. The van der Waals surface area contributed by atoms with Crippen molar-refractivity contribution in [3.8, 4) is 57.3 Å². The second kappa shape index (κ2) is 11.9. The van der Waals surface area contributed by atoms with Gasteiger partial charge in [0.2, 0.25) is 0 Å². The van der Waals surface area contributed by atoms with Gasteiger partial charge in [0, 0.05) is 16.5 Å². The summed E-state index contributed by atoms with van der Waals surface area (Å²) in [6.45, 7) is 0. The molecule has 4 heteroatoms. The monoisotopic (exact) mass is 646 g/mol. The first-order valence-electron chi connectivity index (χ1n) is 16.7. The van der Waals surface area contributed by atoms with Crippen molar-refractivity contribution in [1.82, 2.24) is 4.57 Å². The van der Waals surface area contributed by atoms with Crippen molar-refractivity contribution in [1.29, 1.82) is 15.8 Å². The summed E-state index contributed by atoms with van der Waals surface area (Å²) in [6, 6.07) is 60.4. The minimum absolute atomic E-state index is 0.567. The average molecular weight is 647 g/mol. The molecule has 0 aliphatic rings. The fourth-order valence-electron chi connectivity index (χ4n) is 7.66. The van der Waals surface area contributed by atoms with Crippen molar-refractivity contribution in [2.24, 2.45) is 0 Å². The Balaban J connectivity index is 1.33. The molecule has 51 heavy (non-hydrogen) atoms. The van der Waals surface area contributed by atoms with Crippen molar-refractivity contribution in [3.63, 3.8) is 0 Å². The first kappa shape index (κ1) is 29.7. The summed E-state index contributed by atoms with van der Waals surface area (Å²) >= 11 is 0. The fraction of sp³-hybridized carbons (Fsp3) is 0. The normalized spacial score (nSPS) is 11.1. The standard InChI is InChI=1S/C47H26N4/c48-27-30-17-20-36(34-11-8-12-35(26-34)51-44-21-18-31(28-49)23-41(44)42-24-32(29-50)19-22-45(42)51)43(25-30)47-39-15-6-4-13-37(39)46(33-9-2-1-3-10-33)38-14-5-7-16-40(38)47/h1-26H. The smallest absolute Gasteiger partial charge is 0.0991 e. The van der Waals surface area contributed by atoms with Crippen LogP contribution in [0.1, 0.15) is 16.7 Å². The lowest BCUT2D eigenvalue weighted by Crippen LogP contribution is -1.96. The second-order valence-corrected chi connectivity index (χ2v) is 12.7. The molecule has 0 radical (unpaired) electrons. The third-order valence-electron chi connectivity index (χ3n) is 9.85. The van der Waals surface area contributed by atoms with Gasteiger partial charge in [0.25, 0.3) is 0 Å². The Bertz CT molecular complexity index is 2870. The maximum Gasteiger partial charge on any atom is 0.0991 e. The Hall–Kier alpha value is -7.45. The van der Waals surface area contributed by atoms with Crippen molar-refractivity contribution in [3.05, 3.63) is 174 Å². The quantitative estimate of drug-likeness (QED) is 0.179. The van der Waals surface area contributed by atoms with Gasteiger partial charge in [-0.2, -0.15) is 15.8 Å². The van der Waals surface area contributed by atoms with Gasteiger partial charge >= 0.3 is 0 Å². The minimum atomic E-state index is 0.567. The van der Waals surface area contributed by atoms with E-state index in [2.05, 4.69) is 126 Å². The van der Waals surface area contributed by atoms with Crippen LogP contribution >= 0.6 is 0 Å². The minimum Gasteiger partial charge on any atom is -0.309 e. The number of nitrogens with zero attached hydrogens (tertiary/aromatic N) is 4. The summed E-state index contributed by atoms with van der Waals surface area (Å²) < 4.78 is 2.19. The van der Waals surface area contributed by atoms with Gasteiger partial charge in [0.15, 0.2) is 0 Å². The molecular weight excluding hydrogens is 621 g/mol. The summed E-state index contributed by atoms with van der Waals surface area (Å²) in [5.41, 5.74) is 11.0. The summed E-state index contributed by atoms with van der Waals surface area (Å²) in [6.07, 6.45) is 0. The van der Waals surface area contributed by atoms with Crippen molar-refractivity contribution in [2.45, 2.75) is 0 Å². The largest absolute Gasteiger partial charge is 0.309 e. The van der Waals surface area contributed by atoms with Crippen molar-refractivity contribution in [2.75, 3.05) is 0 Å². The zero-order chi connectivity index (χ0) is 34.5. The first-order chi connectivity index (χ1) is 25.2. The maximum absolute atomic E-state index is 10.1. The molecule has 0 bridgehead atoms. The predicted molar refractivity (Wildman–Crippen MR) is 206 cm³/mol. The lowest BCUT2D eigenvalue weighted by atomic mass is 9.83. The van der Waals surface area contributed by atoms with Gasteiger partial charge in [-0.15, -0.1) is 0 Å². The van der Waals surface area contributed by atoms with Gasteiger partial charge in [0.05, 0.1) is 45.9 Å². The van der Waals surface area contributed by atoms with E-state index in [4.69, 9.17) is 0 Å². The molecule has 0 spiro atoms. The zero-order valence-electron chi connectivity index (χ0n) is 27.3. The van der Waals surface area contributed by atoms with Crippen LogP contribution in [0.25, 0.3) is 82.4 Å². The molecule has 0 aliphatic heterocycles. The van der Waals surface area contributed by atoms with Crippen LogP contribution in [0.15, 0.2) is 158 Å².